The van der Waals surface area contributed by atoms with Crippen molar-refractivity contribution in [3.8, 4) is 0 Å². The van der Waals surface area contributed by atoms with Gasteiger partial charge in [-0.3, -0.25) is 9.48 Å². The number of hydrogen-bond donors (Lipinski definition) is 2. The van der Waals surface area contributed by atoms with Crippen LogP contribution in [0, 0.1) is 0 Å². The predicted molar refractivity (Wildman–Crippen MR) is 93.6 cm³/mol. The van der Waals surface area contributed by atoms with Gasteiger partial charge in [-0.05, 0) is 24.7 Å². The SMILES string of the molecule is CCSc1cn(C2CC2)nc1C(=O)Nc1cc(C(F)(F)F)ncc1NC. The molecular formula is C16H18F3N5OS. The molecule has 0 radical (unpaired) electrons. The largest absolute Gasteiger partial charge is 0.433 e. The second-order valence-electron chi connectivity index (χ2n) is 5.80. The number of anilines is 2. The smallest absolute Gasteiger partial charge is 0.385 e. The van der Waals surface area contributed by atoms with Crippen molar-refractivity contribution in [3.63, 3.8) is 0 Å². The molecule has 140 valence electrons. The molecule has 1 aliphatic rings. The zero-order chi connectivity index (χ0) is 18.9. The minimum atomic E-state index is -4.59. The fourth-order valence-electron chi connectivity index (χ4n) is 2.41. The Bertz CT molecular complexity index is 817. The summed E-state index contributed by atoms with van der Waals surface area (Å²) in [5.41, 5.74) is -0.555. The van der Waals surface area contributed by atoms with E-state index in [2.05, 4.69) is 20.7 Å². The van der Waals surface area contributed by atoms with Crippen LogP contribution in [-0.4, -0.2) is 33.5 Å². The van der Waals surface area contributed by atoms with Crippen molar-refractivity contribution in [2.45, 2.75) is 36.9 Å². The van der Waals surface area contributed by atoms with Crippen molar-refractivity contribution in [1.29, 1.82) is 0 Å². The number of nitrogens with zero attached hydrogens (tertiary/aromatic N) is 3. The first-order chi connectivity index (χ1) is 12.3. The number of carbonyl (C=O) groups excluding carboxylic acids is 1. The Labute approximate surface area is 152 Å². The molecule has 0 atom stereocenters. The summed E-state index contributed by atoms with van der Waals surface area (Å²) in [5.74, 6) is 0.211. The van der Waals surface area contributed by atoms with Gasteiger partial charge in [0.1, 0.15) is 5.69 Å². The van der Waals surface area contributed by atoms with Gasteiger partial charge in [-0.1, -0.05) is 6.92 Å². The Morgan fingerprint density at radius 3 is 2.69 bits per heavy atom. The van der Waals surface area contributed by atoms with Crippen molar-refractivity contribution >= 4 is 29.0 Å². The number of rotatable bonds is 6. The van der Waals surface area contributed by atoms with Gasteiger partial charge < -0.3 is 10.6 Å². The topological polar surface area (TPSA) is 71.8 Å². The Hall–Kier alpha value is -2.23. The first kappa shape index (κ1) is 18.6. The number of nitrogens with one attached hydrogen (secondary N) is 2. The normalized spacial score (nSPS) is 14.3. The van der Waals surface area contributed by atoms with Gasteiger partial charge in [0.2, 0.25) is 0 Å². The van der Waals surface area contributed by atoms with Crippen LogP contribution in [0.2, 0.25) is 0 Å². The summed E-state index contributed by atoms with van der Waals surface area (Å²) < 4.78 is 40.5. The molecule has 1 amide bonds. The number of carbonyl (C=O) groups is 1. The Morgan fingerprint density at radius 1 is 1.38 bits per heavy atom. The lowest BCUT2D eigenvalue weighted by Gasteiger charge is -2.13. The second-order valence-corrected chi connectivity index (χ2v) is 7.11. The average molecular weight is 385 g/mol. The molecule has 2 aromatic rings. The zero-order valence-electron chi connectivity index (χ0n) is 14.2. The summed E-state index contributed by atoms with van der Waals surface area (Å²) in [7, 11) is 1.54. The quantitative estimate of drug-likeness (QED) is 0.735. The first-order valence-electron chi connectivity index (χ1n) is 8.11. The molecule has 26 heavy (non-hydrogen) atoms. The lowest BCUT2D eigenvalue weighted by molar-refractivity contribution is -0.141. The van der Waals surface area contributed by atoms with Crippen LogP contribution in [0.3, 0.4) is 0 Å². The Morgan fingerprint density at radius 2 is 2.12 bits per heavy atom. The van der Waals surface area contributed by atoms with Crippen LogP contribution in [0.15, 0.2) is 23.4 Å². The second kappa shape index (κ2) is 7.18. The Balaban J connectivity index is 1.90. The summed E-state index contributed by atoms with van der Waals surface area (Å²) in [6, 6.07) is 1.12. The van der Waals surface area contributed by atoms with Crippen molar-refractivity contribution in [1.82, 2.24) is 14.8 Å². The summed E-state index contributed by atoms with van der Waals surface area (Å²) >= 11 is 1.47. The maximum absolute atomic E-state index is 12.9. The van der Waals surface area contributed by atoms with E-state index in [-0.39, 0.29) is 17.1 Å². The Kier molecular flexibility index (Phi) is 5.12. The van der Waals surface area contributed by atoms with Gasteiger partial charge in [-0.25, -0.2) is 4.98 Å². The van der Waals surface area contributed by atoms with E-state index in [4.69, 9.17) is 0 Å². The van der Waals surface area contributed by atoms with E-state index in [1.54, 1.807) is 11.7 Å². The number of alkyl halides is 3. The van der Waals surface area contributed by atoms with Crippen LogP contribution < -0.4 is 10.6 Å². The average Bonchev–Trinajstić information content (AvgIpc) is 3.35. The summed E-state index contributed by atoms with van der Waals surface area (Å²) in [6.07, 6.45) is 0.309. The molecule has 0 saturated heterocycles. The number of amides is 1. The number of halogens is 3. The van der Waals surface area contributed by atoms with Crippen LogP contribution >= 0.6 is 11.8 Å². The maximum atomic E-state index is 12.9. The summed E-state index contributed by atoms with van der Waals surface area (Å²) in [4.78, 5) is 16.8. The van der Waals surface area contributed by atoms with Gasteiger partial charge in [0.25, 0.3) is 5.91 Å². The molecule has 2 aromatic heterocycles. The van der Waals surface area contributed by atoms with Crippen LogP contribution in [0.25, 0.3) is 0 Å². The molecule has 10 heteroatoms. The lowest BCUT2D eigenvalue weighted by atomic mass is 10.2. The van der Waals surface area contributed by atoms with Crippen LogP contribution in [-0.2, 0) is 6.18 Å². The molecular weight excluding hydrogens is 367 g/mol. The monoisotopic (exact) mass is 385 g/mol. The molecule has 1 saturated carbocycles. The third kappa shape index (κ3) is 3.95. The molecule has 0 spiro atoms. The molecule has 3 rings (SSSR count). The number of thioether (sulfide) groups is 1. The summed E-state index contributed by atoms with van der Waals surface area (Å²) in [6.45, 7) is 1.96. The van der Waals surface area contributed by atoms with Crippen LogP contribution in [0.1, 0.15) is 42.0 Å². The third-order valence-corrected chi connectivity index (χ3v) is 4.74. The standard InChI is InChI=1S/C16H18F3N5OS/c1-3-26-12-8-24(9-4-5-9)23-14(12)15(25)22-10-6-13(16(17,18)19)21-7-11(10)20-2/h6-9,20H,3-5H2,1-2H3,(H,21,22,25). The molecule has 0 aromatic carbocycles. The van der Waals surface area contributed by atoms with Gasteiger partial charge in [0, 0.05) is 13.2 Å². The van der Waals surface area contributed by atoms with Crippen LogP contribution in [0.5, 0.6) is 0 Å². The first-order valence-corrected chi connectivity index (χ1v) is 9.10. The maximum Gasteiger partial charge on any atom is 0.433 e. The van der Waals surface area contributed by atoms with E-state index >= 15 is 0 Å². The third-order valence-electron chi connectivity index (χ3n) is 3.85. The molecule has 0 unspecified atom stereocenters. The van der Waals surface area contributed by atoms with Gasteiger partial charge in [0.05, 0.1) is 28.5 Å². The fourth-order valence-corrected chi connectivity index (χ4v) is 3.18. The number of pyridine rings is 1. The lowest BCUT2D eigenvalue weighted by Crippen LogP contribution is -2.17. The van der Waals surface area contributed by atoms with Crippen molar-refractivity contribution in [3.05, 3.63) is 29.8 Å². The van der Waals surface area contributed by atoms with Crippen molar-refractivity contribution in [2.75, 3.05) is 23.4 Å². The van der Waals surface area contributed by atoms with E-state index in [9.17, 15) is 18.0 Å². The molecule has 0 bridgehead atoms. The van der Waals surface area contributed by atoms with Gasteiger partial charge in [-0.15, -0.1) is 11.8 Å². The predicted octanol–water partition coefficient (Wildman–Crippen LogP) is 4.04. The van der Waals surface area contributed by atoms with E-state index in [0.29, 0.717) is 10.9 Å². The van der Waals surface area contributed by atoms with Gasteiger partial charge >= 0.3 is 6.18 Å². The number of aromatic nitrogens is 3. The molecule has 2 heterocycles. The van der Waals surface area contributed by atoms with Crippen LogP contribution in [0.4, 0.5) is 24.5 Å². The highest BCUT2D eigenvalue weighted by molar-refractivity contribution is 7.99. The molecule has 1 aliphatic carbocycles. The number of hydrogen-bond acceptors (Lipinski definition) is 5. The zero-order valence-corrected chi connectivity index (χ0v) is 15.0. The highest BCUT2D eigenvalue weighted by Crippen LogP contribution is 2.37. The molecule has 6 nitrogen and oxygen atoms in total. The van der Waals surface area contributed by atoms with Gasteiger partial charge in [0.15, 0.2) is 5.69 Å². The minimum absolute atomic E-state index is 0.00763. The fraction of sp³-hybridized carbons (Fsp3) is 0.438. The van der Waals surface area contributed by atoms with E-state index in [0.717, 1.165) is 30.9 Å². The van der Waals surface area contributed by atoms with Crippen molar-refractivity contribution in [2.24, 2.45) is 0 Å². The molecule has 2 N–H and O–H groups in total. The molecule has 1 fully saturated rings. The highest BCUT2D eigenvalue weighted by Gasteiger charge is 2.33. The van der Waals surface area contributed by atoms with Crippen molar-refractivity contribution < 1.29 is 18.0 Å². The van der Waals surface area contributed by atoms with E-state index < -0.39 is 17.8 Å². The van der Waals surface area contributed by atoms with Gasteiger partial charge in [-0.2, -0.15) is 18.3 Å². The van der Waals surface area contributed by atoms with E-state index in [1.165, 1.54) is 11.8 Å². The minimum Gasteiger partial charge on any atom is -0.385 e. The van der Waals surface area contributed by atoms with E-state index in [1.807, 2.05) is 13.1 Å². The molecule has 0 aliphatic heterocycles. The highest BCUT2D eigenvalue weighted by atomic mass is 32.2. The summed E-state index contributed by atoms with van der Waals surface area (Å²) in [5, 5.41) is 9.60.